The third-order valence-electron chi connectivity index (χ3n) is 4.09. The number of rotatable bonds is 5. The molecular weight excluding hydrogens is 362 g/mol. The third-order valence-corrected chi connectivity index (χ3v) is 4.98. The summed E-state index contributed by atoms with van der Waals surface area (Å²) in [6, 6.07) is 14.4. The van der Waals surface area contributed by atoms with E-state index in [1.165, 1.54) is 17.7 Å². The van der Waals surface area contributed by atoms with E-state index in [1.54, 1.807) is 31.4 Å². The molecule has 0 aliphatic carbocycles. The second-order valence-corrected chi connectivity index (χ2v) is 6.59. The van der Waals surface area contributed by atoms with Crippen molar-refractivity contribution in [2.24, 2.45) is 5.73 Å². The number of fused-ring (bicyclic) bond motifs is 1. The molecule has 0 saturated heterocycles. The van der Waals surface area contributed by atoms with Crippen molar-refractivity contribution in [2.45, 2.75) is 0 Å². The van der Waals surface area contributed by atoms with Crippen LogP contribution in [0.3, 0.4) is 0 Å². The van der Waals surface area contributed by atoms with Crippen LogP contribution in [0.25, 0.3) is 21.3 Å². The predicted octanol–water partition coefficient (Wildman–Crippen LogP) is 4.26. The Morgan fingerprint density at radius 1 is 1.00 bits per heavy atom. The summed E-state index contributed by atoms with van der Waals surface area (Å²) in [5.74, 6) is 1.33. The van der Waals surface area contributed by atoms with Gasteiger partial charge in [-0.1, -0.05) is 12.1 Å². The number of benzene rings is 2. The first-order valence-corrected chi connectivity index (χ1v) is 8.98. The van der Waals surface area contributed by atoms with Crippen molar-refractivity contribution in [3.8, 4) is 28.5 Å². The molecule has 27 heavy (non-hydrogen) atoms. The molecular formula is C20H15N3O3S. The summed E-state index contributed by atoms with van der Waals surface area (Å²) in [4.78, 5) is 20.7. The Morgan fingerprint density at radius 3 is 2.37 bits per heavy atom. The number of carbonyl (C=O) groups excluding carboxylic acids is 1. The zero-order valence-electron chi connectivity index (χ0n) is 14.4. The molecule has 0 fully saturated rings. The lowest BCUT2D eigenvalue weighted by Crippen LogP contribution is -2.10. The molecule has 0 aliphatic heterocycles. The Morgan fingerprint density at radius 2 is 1.70 bits per heavy atom. The highest BCUT2D eigenvalue weighted by Gasteiger charge is 2.15. The van der Waals surface area contributed by atoms with Gasteiger partial charge in [0.15, 0.2) is 0 Å². The van der Waals surface area contributed by atoms with Crippen LogP contribution in [0.5, 0.6) is 17.4 Å². The molecule has 0 aliphatic rings. The van der Waals surface area contributed by atoms with Gasteiger partial charge >= 0.3 is 0 Å². The molecule has 6 nitrogen and oxygen atoms in total. The summed E-state index contributed by atoms with van der Waals surface area (Å²) in [6.07, 6.45) is 1.48. The highest BCUT2D eigenvalue weighted by Crippen LogP contribution is 2.39. The number of carbonyl (C=O) groups is 1. The van der Waals surface area contributed by atoms with Crippen molar-refractivity contribution in [3.63, 3.8) is 0 Å². The summed E-state index contributed by atoms with van der Waals surface area (Å²) in [5.41, 5.74) is 7.70. The van der Waals surface area contributed by atoms with Gasteiger partial charge in [0.05, 0.1) is 12.5 Å². The zero-order chi connectivity index (χ0) is 18.8. The maximum atomic E-state index is 11.2. The van der Waals surface area contributed by atoms with E-state index in [4.69, 9.17) is 15.2 Å². The number of nitrogens with zero attached hydrogens (tertiary/aromatic N) is 2. The van der Waals surface area contributed by atoms with Crippen molar-refractivity contribution in [1.29, 1.82) is 0 Å². The molecule has 2 aromatic carbocycles. The molecule has 2 heterocycles. The van der Waals surface area contributed by atoms with Gasteiger partial charge in [0, 0.05) is 16.5 Å². The Bertz CT molecular complexity index is 1110. The molecule has 134 valence electrons. The molecule has 2 N–H and O–H groups in total. The van der Waals surface area contributed by atoms with E-state index in [2.05, 4.69) is 9.97 Å². The minimum atomic E-state index is -0.481. The van der Waals surface area contributed by atoms with E-state index >= 15 is 0 Å². The smallest absolute Gasteiger partial charge is 0.248 e. The van der Waals surface area contributed by atoms with Gasteiger partial charge in [-0.3, -0.25) is 4.79 Å². The summed E-state index contributed by atoms with van der Waals surface area (Å²) in [6.45, 7) is 0. The van der Waals surface area contributed by atoms with Crippen LogP contribution in [0.4, 0.5) is 0 Å². The van der Waals surface area contributed by atoms with E-state index in [-0.39, 0.29) is 0 Å². The van der Waals surface area contributed by atoms with Gasteiger partial charge in [-0.15, -0.1) is 11.3 Å². The fourth-order valence-electron chi connectivity index (χ4n) is 2.71. The van der Waals surface area contributed by atoms with Crippen LogP contribution in [0.2, 0.25) is 0 Å². The molecule has 2 aromatic heterocycles. The normalized spacial score (nSPS) is 10.7. The van der Waals surface area contributed by atoms with Crippen LogP contribution < -0.4 is 15.2 Å². The maximum absolute atomic E-state index is 11.2. The molecule has 1 amide bonds. The SMILES string of the molecule is COc1ccc(-c2csc3ncnc(Oc4ccc(C(N)=O)cc4)c23)cc1. The number of hydrogen-bond acceptors (Lipinski definition) is 6. The van der Waals surface area contributed by atoms with Gasteiger partial charge in [0.25, 0.3) is 0 Å². The predicted molar refractivity (Wildman–Crippen MR) is 104 cm³/mol. The van der Waals surface area contributed by atoms with Crippen molar-refractivity contribution in [2.75, 3.05) is 7.11 Å². The molecule has 0 radical (unpaired) electrons. The zero-order valence-corrected chi connectivity index (χ0v) is 15.2. The van der Waals surface area contributed by atoms with Crippen LogP contribution >= 0.6 is 11.3 Å². The van der Waals surface area contributed by atoms with E-state index in [0.29, 0.717) is 17.2 Å². The van der Waals surface area contributed by atoms with Crippen molar-refractivity contribution in [1.82, 2.24) is 9.97 Å². The van der Waals surface area contributed by atoms with Crippen molar-refractivity contribution >= 4 is 27.5 Å². The lowest BCUT2D eigenvalue weighted by atomic mass is 10.1. The third kappa shape index (κ3) is 3.32. The number of thiophene rings is 1. The van der Waals surface area contributed by atoms with Gasteiger partial charge in [-0.05, 0) is 42.0 Å². The lowest BCUT2D eigenvalue weighted by molar-refractivity contribution is 0.100. The Hall–Kier alpha value is -3.45. The first kappa shape index (κ1) is 17.0. The average molecular weight is 377 g/mol. The van der Waals surface area contributed by atoms with Crippen molar-refractivity contribution in [3.05, 3.63) is 65.8 Å². The molecule has 0 saturated carbocycles. The summed E-state index contributed by atoms with van der Waals surface area (Å²) in [5, 5.41) is 2.87. The Kier molecular flexibility index (Phi) is 4.43. The number of aromatic nitrogens is 2. The van der Waals surface area contributed by atoms with Gasteiger partial charge in [0.2, 0.25) is 11.8 Å². The minimum Gasteiger partial charge on any atom is -0.497 e. The summed E-state index contributed by atoms with van der Waals surface area (Å²) in [7, 11) is 1.64. The highest BCUT2D eigenvalue weighted by atomic mass is 32.1. The monoisotopic (exact) mass is 377 g/mol. The molecule has 0 atom stereocenters. The number of ether oxygens (including phenoxy) is 2. The standard InChI is InChI=1S/C20H15N3O3S/c1-25-14-6-2-12(3-7-14)16-10-27-20-17(16)19(22-11-23-20)26-15-8-4-13(5-9-15)18(21)24/h2-11H,1H3,(H2,21,24). The second-order valence-electron chi connectivity index (χ2n) is 5.73. The van der Waals surface area contributed by atoms with Gasteiger partial charge in [0.1, 0.15) is 22.7 Å². The Labute approximate surface area is 159 Å². The largest absolute Gasteiger partial charge is 0.497 e. The van der Waals surface area contributed by atoms with Crippen LogP contribution in [-0.4, -0.2) is 23.0 Å². The van der Waals surface area contributed by atoms with E-state index in [0.717, 1.165) is 27.1 Å². The van der Waals surface area contributed by atoms with Gasteiger partial charge < -0.3 is 15.2 Å². The van der Waals surface area contributed by atoms with Crippen molar-refractivity contribution < 1.29 is 14.3 Å². The summed E-state index contributed by atoms with van der Waals surface area (Å²) < 4.78 is 11.2. The molecule has 0 unspecified atom stereocenters. The number of primary amides is 1. The molecule has 7 heteroatoms. The number of methoxy groups -OCH3 is 1. The Balaban J connectivity index is 1.74. The van der Waals surface area contributed by atoms with Gasteiger partial charge in [-0.2, -0.15) is 0 Å². The first-order chi connectivity index (χ1) is 13.2. The highest BCUT2D eigenvalue weighted by molar-refractivity contribution is 7.17. The molecule has 4 rings (SSSR count). The summed E-state index contributed by atoms with van der Waals surface area (Å²) >= 11 is 1.53. The topological polar surface area (TPSA) is 87.3 Å². The van der Waals surface area contributed by atoms with Gasteiger partial charge in [-0.25, -0.2) is 9.97 Å². The van der Waals surface area contributed by atoms with Crippen LogP contribution in [0, 0.1) is 0 Å². The number of amides is 1. The van der Waals surface area contributed by atoms with Crippen LogP contribution in [-0.2, 0) is 0 Å². The van der Waals surface area contributed by atoms with E-state index in [1.807, 2.05) is 29.6 Å². The van der Waals surface area contributed by atoms with Crippen LogP contribution in [0.1, 0.15) is 10.4 Å². The maximum Gasteiger partial charge on any atom is 0.248 e. The molecule has 0 spiro atoms. The number of nitrogens with two attached hydrogens (primary N) is 1. The quantitative estimate of drug-likeness (QED) is 0.561. The average Bonchev–Trinajstić information content (AvgIpc) is 3.14. The molecule has 0 bridgehead atoms. The van der Waals surface area contributed by atoms with E-state index < -0.39 is 5.91 Å². The second kappa shape index (κ2) is 7.05. The molecule has 4 aromatic rings. The minimum absolute atomic E-state index is 0.421. The van der Waals surface area contributed by atoms with Crippen LogP contribution in [0.15, 0.2) is 60.2 Å². The first-order valence-electron chi connectivity index (χ1n) is 8.10. The number of hydrogen-bond donors (Lipinski definition) is 1. The fraction of sp³-hybridized carbons (Fsp3) is 0.0500. The fourth-order valence-corrected chi connectivity index (χ4v) is 3.61. The lowest BCUT2D eigenvalue weighted by Gasteiger charge is -2.08. The van der Waals surface area contributed by atoms with E-state index in [9.17, 15) is 4.79 Å².